The molecule has 1 aromatic rings. The third-order valence-corrected chi connectivity index (χ3v) is 2.74. The van der Waals surface area contributed by atoms with Gasteiger partial charge in [-0.25, -0.2) is 0 Å². The Balaban J connectivity index is 2.76. The van der Waals surface area contributed by atoms with Crippen LogP contribution in [0.5, 0.6) is 0 Å². The van der Waals surface area contributed by atoms with Gasteiger partial charge in [0.1, 0.15) is 0 Å². The van der Waals surface area contributed by atoms with E-state index in [1.54, 1.807) is 6.92 Å². The highest BCUT2D eigenvalue weighted by Gasteiger charge is 2.14. The molecule has 1 rings (SSSR count). The molecule has 0 fully saturated rings. The summed E-state index contributed by atoms with van der Waals surface area (Å²) in [6.07, 6.45) is 0.234. The van der Waals surface area contributed by atoms with Crippen LogP contribution < -0.4 is 5.73 Å². The molecule has 0 heterocycles. The molecule has 0 saturated heterocycles. The van der Waals surface area contributed by atoms with Crippen molar-refractivity contribution in [1.82, 2.24) is 0 Å². The number of aryl methyl sites for hydroxylation is 1. The maximum Gasteiger partial charge on any atom is 0.307 e. The number of esters is 1. The Labute approximate surface area is 96.6 Å². The summed E-state index contributed by atoms with van der Waals surface area (Å²) in [6.45, 7) is 6.26. The van der Waals surface area contributed by atoms with E-state index in [-0.39, 0.29) is 18.4 Å². The predicted octanol–water partition coefficient (Wildman–Crippen LogP) is 2.26. The number of hydrogen-bond acceptors (Lipinski definition) is 3. The van der Waals surface area contributed by atoms with Crippen molar-refractivity contribution in [3.8, 4) is 0 Å². The molecule has 0 amide bonds. The number of carbonyl (C=O) groups excluding carboxylic acids is 1. The van der Waals surface area contributed by atoms with Crippen LogP contribution in [0.25, 0.3) is 0 Å². The summed E-state index contributed by atoms with van der Waals surface area (Å²) < 4.78 is 4.89. The summed E-state index contributed by atoms with van der Waals surface area (Å²) in [7, 11) is 0. The molecular weight excluding hydrogens is 202 g/mol. The average Bonchev–Trinajstić information content (AvgIpc) is 2.22. The first-order valence-corrected chi connectivity index (χ1v) is 5.53. The molecule has 16 heavy (non-hydrogen) atoms. The maximum atomic E-state index is 11.3. The molecule has 1 unspecified atom stereocenters. The van der Waals surface area contributed by atoms with Crippen LogP contribution in [0.3, 0.4) is 0 Å². The van der Waals surface area contributed by atoms with Gasteiger partial charge in [0, 0.05) is 6.04 Å². The molecule has 0 radical (unpaired) electrons. The molecule has 3 nitrogen and oxygen atoms in total. The fourth-order valence-corrected chi connectivity index (χ4v) is 1.68. The summed E-state index contributed by atoms with van der Waals surface area (Å²) in [5.74, 6) is -0.240. The second-order valence-corrected chi connectivity index (χ2v) is 3.90. The third kappa shape index (κ3) is 3.07. The summed E-state index contributed by atoms with van der Waals surface area (Å²) in [4.78, 5) is 11.3. The highest BCUT2D eigenvalue weighted by atomic mass is 16.5. The quantitative estimate of drug-likeness (QED) is 0.793. The van der Waals surface area contributed by atoms with Crippen LogP contribution in [0.1, 0.15) is 36.1 Å². The first-order chi connectivity index (χ1) is 7.56. The van der Waals surface area contributed by atoms with E-state index in [0.717, 1.165) is 11.1 Å². The van der Waals surface area contributed by atoms with Gasteiger partial charge in [0.25, 0.3) is 0 Å². The number of rotatable bonds is 4. The number of carbonyl (C=O) groups is 1. The molecule has 0 bridgehead atoms. The maximum absolute atomic E-state index is 11.3. The molecule has 2 N–H and O–H groups in total. The van der Waals surface area contributed by atoms with Gasteiger partial charge in [-0.15, -0.1) is 0 Å². The number of hydrogen-bond donors (Lipinski definition) is 1. The van der Waals surface area contributed by atoms with Gasteiger partial charge in [-0.05, 0) is 37.5 Å². The second kappa shape index (κ2) is 5.66. The number of benzene rings is 1. The van der Waals surface area contributed by atoms with Crippen molar-refractivity contribution < 1.29 is 9.53 Å². The van der Waals surface area contributed by atoms with Gasteiger partial charge < -0.3 is 10.5 Å². The van der Waals surface area contributed by atoms with Gasteiger partial charge >= 0.3 is 5.97 Å². The van der Waals surface area contributed by atoms with Crippen LogP contribution in [0.15, 0.2) is 18.2 Å². The zero-order chi connectivity index (χ0) is 12.1. The van der Waals surface area contributed by atoms with Crippen molar-refractivity contribution in [2.45, 2.75) is 33.2 Å². The Morgan fingerprint density at radius 1 is 1.44 bits per heavy atom. The van der Waals surface area contributed by atoms with Crippen molar-refractivity contribution in [3.05, 3.63) is 34.9 Å². The van der Waals surface area contributed by atoms with E-state index in [1.807, 2.05) is 32.0 Å². The minimum absolute atomic E-state index is 0.234. The lowest BCUT2D eigenvalue weighted by molar-refractivity contribution is -0.143. The van der Waals surface area contributed by atoms with E-state index >= 15 is 0 Å². The molecule has 1 atom stereocenters. The molecular formula is C13H19NO2. The molecule has 0 aliphatic rings. The van der Waals surface area contributed by atoms with E-state index < -0.39 is 0 Å². The lowest BCUT2D eigenvalue weighted by Gasteiger charge is -2.15. The number of ether oxygens (including phenoxy) is 1. The van der Waals surface area contributed by atoms with Crippen molar-refractivity contribution in [2.75, 3.05) is 6.61 Å². The Kier molecular flexibility index (Phi) is 4.50. The van der Waals surface area contributed by atoms with Crippen molar-refractivity contribution in [2.24, 2.45) is 5.73 Å². The van der Waals surface area contributed by atoms with Gasteiger partial charge in [0.15, 0.2) is 0 Å². The Morgan fingerprint density at radius 3 is 2.75 bits per heavy atom. The topological polar surface area (TPSA) is 52.3 Å². The van der Waals surface area contributed by atoms with Crippen LogP contribution in [0, 0.1) is 13.8 Å². The molecule has 0 aromatic heterocycles. The molecule has 0 aliphatic carbocycles. The lowest BCUT2D eigenvalue weighted by Crippen LogP contribution is -2.18. The highest BCUT2D eigenvalue weighted by molar-refractivity contribution is 5.70. The van der Waals surface area contributed by atoms with Gasteiger partial charge in [-0.3, -0.25) is 4.79 Å². The smallest absolute Gasteiger partial charge is 0.307 e. The van der Waals surface area contributed by atoms with Crippen LogP contribution in [-0.2, 0) is 9.53 Å². The van der Waals surface area contributed by atoms with E-state index in [4.69, 9.17) is 10.5 Å². The second-order valence-electron chi connectivity index (χ2n) is 3.90. The summed E-state index contributed by atoms with van der Waals surface area (Å²) in [5.41, 5.74) is 9.36. The van der Waals surface area contributed by atoms with Crippen molar-refractivity contribution >= 4 is 5.97 Å². The molecule has 88 valence electrons. The first-order valence-electron chi connectivity index (χ1n) is 5.53. The van der Waals surface area contributed by atoms with Crippen LogP contribution >= 0.6 is 0 Å². The van der Waals surface area contributed by atoms with Crippen LogP contribution in [-0.4, -0.2) is 12.6 Å². The Hall–Kier alpha value is -1.35. The van der Waals surface area contributed by atoms with Gasteiger partial charge in [0.05, 0.1) is 13.0 Å². The summed E-state index contributed by atoms with van der Waals surface area (Å²) >= 11 is 0. The summed E-state index contributed by atoms with van der Waals surface area (Å²) in [5, 5.41) is 0. The zero-order valence-corrected chi connectivity index (χ0v) is 10.1. The monoisotopic (exact) mass is 221 g/mol. The third-order valence-electron chi connectivity index (χ3n) is 2.74. The Morgan fingerprint density at radius 2 is 2.12 bits per heavy atom. The van der Waals surface area contributed by atoms with E-state index in [9.17, 15) is 4.79 Å². The van der Waals surface area contributed by atoms with Gasteiger partial charge in [-0.1, -0.05) is 18.2 Å². The summed E-state index contributed by atoms with van der Waals surface area (Å²) in [6, 6.07) is 5.68. The minimum Gasteiger partial charge on any atom is -0.466 e. The number of nitrogens with two attached hydrogens (primary N) is 1. The van der Waals surface area contributed by atoms with Crippen LogP contribution in [0.2, 0.25) is 0 Å². The van der Waals surface area contributed by atoms with Crippen LogP contribution in [0.4, 0.5) is 0 Å². The molecule has 1 aromatic carbocycles. The minimum atomic E-state index is -0.279. The Bertz CT molecular complexity index is 374. The first kappa shape index (κ1) is 12.7. The molecule has 0 saturated carbocycles. The molecule has 0 aliphatic heterocycles. The van der Waals surface area contributed by atoms with Crippen molar-refractivity contribution in [3.63, 3.8) is 0 Å². The fraction of sp³-hybridized carbons (Fsp3) is 0.462. The predicted molar refractivity (Wildman–Crippen MR) is 64.1 cm³/mol. The SMILES string of the molecule is CCOC(=O)CC(N)c1cccc(C)c1C. The van der Waals surface area contributed by atoms with E-state index in [1.165, 1.54) is 5.56 Å². The average molecular weight is 221 g/mol. The zero-order valence-electron chi connectivity index (χ0n) is 10.1. The van der Waals surface area contributed by atoms with Gasteiger partial charge in [0.2, 0.25) is 0 Å². The largest absolute Gasteiger partial charge is 0.466 e. The lowest BCUT2D eigenvalue weighted by atomic mass is 9.96. The van der Waals surface area contributed by atoms with Gasteiger partial charge in [-0.2, -0.15) is 0 Å². The normalized spacial score (nSPS) is 12.2. The molecule has 0 spiro atoms. The molecule has 3 heteroatoms. The van der Waals surface area contributed by atoms with E-state index in [0.29, 0.717) is 6.61 Å². The van der Waals surface area contributed by atoms with E-state index in [2.05, 4.69) is 0 Å². The fourth-order valence-electron chi connectivity index (χ4n) is 1.68. The highest BCUT2D eigenvalue weighted by Crippen LogP contribution is 2.21. The van der Waals surface area contributed by atoms with Crippen molar-refractivity contribution in [1.29, 1.82) is 0 Å². The standard InChI is InChI=1S/C13H19NO2/c1-4-16-13(15)8-12(14)11-7-5-6-9(2)10(11)3/h5-7,12H,4,8,14H2,1-3H3.